The van der Waals surface area contributed by atoms with Gasteiger partial charge in [0, 0.05) is 13.1 Å². The number of halogens is 1. The van der Waals surface area contributed by atoms with Crippen molar-refractivity contribution in [1.29, 1.82) is 0 Å². The largest absolute Gasteiger partial charge is 0.478 e. The number of carboxylic acid groups (broad SMARTS) is 1. The highest BCUT2D eigenvalue weighted by molar-refractivity contribution is 5.88. The SMILES string of the molecule is COC(=O)NC1CCN(c2ccc(C(=O)O)cc2F)C1. The van der Waals surface area contributed by atoms with Crippen molar-refractivity contribution < 1.29 is 23.8 Å². The number of carboxylic acids is 1. The van der Waals surface area contributed by atoms with Crippen LogP contribution in [-0.4, -0.2) is 43.4 Å². The van der Waals surface area contributed by atoms with E-state index in [-0.39, 0.29) is 11.6 Å². The van der Waals surface area contributed by atoms with Crippen LogP contribution in [0.15, 0.2) is 18.2 Å². The van der Waals surface area contributed by atoms with Gasteiger partial charge in [0.25, 0.3) is 0 Å². The van der Waals surface area contributed by atoms with Crippen LogP contribution < -0.4 is 10.2 Å². The molecule has 0 radical (unpaired) electrons. The third-order valence-electron chi connectivity index (χ3n) is 3.23. The van der Waals surface area contributed by atoms with Gasteiger partial charge < -0.3 is 20.1 Å². The van der Waals surface area contributed by atoms with Gasteiger partial charge in [-0.15, -0.1) is 0 Å². The second-order valence-electron chi connectivity index (χ2n) is 4.54. The summed E-state index contributed by atoms with van der Waals surface area (Å²) in [6.45, 7) is 1.04. The molecule has 1 aliphatic heterocycles. The minimum atomic E-state index is -1.16. The van der Waals surface area contributed by atoms with Crippen molar-refractivity contribution in [3.05, 3.63) is 29.6 Å². The predicted molar refractivity (Wildman–Crippen MR) is 69.5 cm³/mol. The number of hydrogen-bond acceptors (Lipinski definition) is 4. The van der Waals surface area contributed by atoms with Crippen LogP contribution in [0.5, 0.6) is 0 Å². The van der Waals surface area contributed by atoms with Crippen molar-refractivity contribution in [1.82, 2.24) is 5.32 Å². The predicted octanol–water partition coefficient (Wildman–Crippen LogP) is 1.46. The first-order valence-electron chi connectivity index (χ1n) is 6.13. The normalized spacial score (nSPS) is 17.9. The summed E-state index contributed by atoms with van der Waals surface area (Å²) in [7, 11) is 1.28. The highest BCUT2D eigenvalue weighted by Gasteiger charge is 2.26. The summed E-state index contributed by atoms with van der Waals surface area (Å²) in [4.78, 5) is 23.6. The fourth-order valence-corrected chi connectivity index (χ4v) is 2.22. The molecule has 6 nitrogen and oxygen atoms in total. The van der Waals surface area contributed by atoms with Crippen LogP contribution in [0.2, 0.25) is 0 Å². The third kappa shape index (κ3) is 2.98. The zero-order valence-electron chi connectivity index (χ0n) is 10.9. The highest BCUT2D eigenvalue weighted by Crippen LogP contribution is 2.24. The van der Waals surface area contributed by atoms with Crippen LogP contribution in [-0.2, 0) is 4.74 Å². The van der Waals surface area contributed by atoms with Gasteiger partial charge in [-0.2, -0.15) is 0 Å². The van der Waals surface area contributed by atoms with E-state index in [1.54, 1.807) is 4.90 Å². The summed E-state index contributed by atoms with van der Waals surface area (Å²) in [5, 5.41) is 11.5. The molecular formula is C13H15FN2O4. The lowest BCUT2D eigenvalue weighted by Crippen LogP contribution is -2.37. The smallest absolute Gasteiger partial charge is 0.407 e. The molecule has 0 spiro atoms. The van der Waals surface area contributed by atoms with Crippen molar-refractivity contribution in [3.63, 3.8) is 0 Å². The molecule has 0 aliphatic carbocycles. The Morgan fingerprint density at radius 3 is 2.85 bits per heavy atom. The molecule has 0 aromatic heterocycles. The Bertz CT molecular complexity index is 535. The van der Waals surface area contributed by atoms with Crippen LogP contribution in [0.1, 0.15) is 16.8 Å². The van der Waals surface area contributed by atoms with E-state index in [1.165, 1.54) is 19.2 Å². The molecule has 2 N–H and O–H groups in total. The number of carbonyl (C=O) groups is 2. The summed E-state index contributed by atoms with van der Waals surface area (Å²) in [5.41, 5.74) is 0.249. The molecule has 108 valence electrons. The average Bonchev–Trinajstić information content (AvgIpc) is 2.86. The van der Waals surface area contributed by atoms with Gasteiger partial charge in [-0.25, -0.2) is 14.0 Å². The standard InChI is InChI=1S/C13H15FN2O4/c1-20-13(19)15-9-4-5-16(7-9)11-3-2-8(12(17)18)6-10(11)14/h2-3,6,9H,4-5,7H2,1H3,(H,15,19)(H,17,18). The number of anilines is 1. The van der Waals surface area contributed by atoms with E-state index in [4.69, 9.17) is 5.11 Å². The molecule has 1 aliphatic rings. The quantitative estimate of drug-likeness (QED) is 0.877. The Kier molecular flexibility index (Phi) is 4.07. The third-order valence-corrected chi connectivity index (χ3v) is 3.23. The second kappa shape index (κ2) is 5.77. The average molecular weight is 282 g/mol. The fourth-order valence-electron chi connectivity index (χ4n) is 2.22. The first-order valence-corrected chi connectivity index (χ1v) is 6.13. The summed E-state index contributed by atoms with van der Waals surface area (Å²) >= 11 is 0. The zero-order valence-corrected chi connectivity index (χ0v) is 10.9. The van der Waals surface area contributed by atoms with Crippen LogP contribution in [0.4, 0.5) is 14.9 Å². The van der Waals surface area contributed by atoms with E-state index in [9.17, 15) is 14.0 Å². The number of nitrogens with one attached hydrogen (secondary N) is 1. The highest BCUT2D eigenvalue weighted by atomic mass is 19.1. The molecule has 0 saturated carbocycles. The molecule has 1 atom stereocenters. The van der Waals surface area contributed by atoms with Crippen LogP contribution in [0.3, 0.4) is 0 Å². The van der Waals surface area contributed by atoms with E-state index in [0.29, 0.717) is 25.2 Å². The van der Waals surface area contributed by atoms with Gasteiger partial charge in [0.1, 0.15) is 5.82 Å². The number of methoxy groups -OCH3 is 1. The number of aromatic carboxylic acids is 1. The topological polar surface area (TPSA) is 78.9 Å². The molecule has 1 amide bonds. The van der Waals surface area contributed by atoms with Crippen LogP contribution >= 0.6 is 0 Å². The number of alkyl carbamates (subject to hydrolysis) is 1. The van der Waals surface area contributed by atoms with Gasteiger partial charge in [-0.1, -0.05) is 0 Å². The maximum Gasteiger partial charge on any atom is 0.407 e. The summed E-state index contributed by atoms with van der Waals surface area (Å²) < 4.78 is 18.4. The maximum absolute atomic E-state index is 13.9. The van der Waals surface area contributed by atoms with Crippen molar-refractivity contribution in [2.75, 3.05) is 25.1 Å². The molecule has 0 bridgehead atoms. The van der Waals surface area contributed by atoms with E-state index in [0.717, 1.165) is 6.07 Å². The number of ether oxygens (including phenoxy) is 1. The van der Waals surface area contributed by atoms with E-state index < -0.39 is 17.9 Å². The number of benzene rings is 1. The van der Waals surface area contributed by atoms with Gasteiger partial charge >= 0.3 is 12.1 Å². The summed E-state index contributed by atoms with van der Waals surface area (Å²) in [6, 6.07) is 3.70. The lowest BCUT2D eigenvalue weighted by atomic mass is 10.2. The van der Waals surface area contributed by atoms with Crippen LogP contribution in [0.25, 0.3) is 0 Å². The van der Waals surface area contributed by atoms with Crippen molar-refractivity contribution >= 4 is 17.7 Å². The summed E-state index contributed by atoms with van der Waals surface area (Å²) in [5.74, 6) is -1.74. The lowest BCUT2D eigenvalue weighted by molar-refractivity contribution is 0.0696. The van der Waals surface area contributed by atoms with E-state index in [1.807, 2.05) is 0 Å². The molecular weight excluding hydrogens is 267 g/mol. The zero-order chi connectivity index (χ0) is 14.7. The minimum absolute atomic E-state index is 0.0883. The van der Waals surface area contributed by atoms with Gasteiger partial charge in [0.05, 0.1) is 24.4 Å². The molecule has 1 heterocycles. The molecule has 1 aromatic rings. The van der Waals surface area contributed by atoms with Gasteiger partial charge in [-0.05, 0) is 24.6 Å². The number of amides is 1. The second-order valence-corrected chi connectivity index (χ2v) is 4.54. The fraction of sp³-hybridized carbons (Fsp3) is 0.385. The minimum Gasteiger partial charge on any atom is -0.478 e. The summed E-state index contributed by atoms with van der Waals surface area (Å²) in [6.07, 6.45) is 0.161. The molecule has 1 fully saturated rings. The Morgan fingerprint density at radius 2 is 2.25 bits per heavy atom. The Hall–Kier alpha value is -2.31. The van der Waals surface area contributed by atoms with E-state index in [2.05, 4.69) is 10.1 Å². The Labute approximate surface area is 115 Å². The molecule has 2 rings (SSSR count). The molecule has 1 aromatic carbocycles. The van der Waals surface area contributed by atoms with Crippen molar-refractivity contribution in [3.8, 4) is 0 Å². The molecule has 20 heavy (non-hydrogen) atoms. The van der Waals surface area contributed by atoms with Gasteiger partial charge in [0.15, 0.2) is 0 Å². The van der Waals surface area contributed by atoms with Crippen LogP contribution in [0, 0.1) is 5.82 Å². The van der Waals surface area contributed by atoms with Gasteiger partial charge in [-0.3, -0.25) is 0 Å². The number of rotatable bonds is 3. The van der Waals surface area contributed by atoms with Crippen molar-refractivity contribution in [2.45, 2.75) is 12.5 Å². The first kappa shape index (κ1) is 14.1. The molecule has 1 unspecified atom stereocenters. The molecule has 7 heteroatoms. The van der Waals surface area contributed by atoms with Gasteiger partial charge in [0.2, 0.25) is 0 Å². The Balaban J connectivity index is 2.06. The monoisotopic (exact) mass is 282 g/mol. The first-order chi connectivity index (χ1) is 9.51. The molecule has 1 saturated heterocycles. The number of carbonyl (C=O) groups excluding carboxylic acids is 1. The number of nitrogens with zero attached hydrogens (tertiary/aromatic N) is 1. The lowest BCUT2D eigenvalue weighted by Gasteiger charge is -2.19. The maximum atomic E-state index is 13.9. The Morgan fingerprint density at radius 1 is 1.50 bits per heavy atom. The van der Waals surface area contributed by atoms with E-state index >= 15 is 0 Å². The van der Waals surface area contributed by atoms with Crippen molar-refractivity contribution in [2.24, 2.45) is 0 Å². The number of hydrogen-bond donors (Lipinski definition) is 2.